The number of thiophene rings is 1. The van der Waals surface area contributed by atoms with Gasteiger partial charge in [0.2, 0.25) is 0 Å². The monoisotopic (exact) mass is 265 g/mol. The fraction of sp³-hybridized carbons (Fsp3) is 0.417. The van der Waals surface area contributed by atoms with E-state index in [4.69, 9.17) is 5.11 Å². The molecule has 1 N–H and O–H groups in total. The molecule has 0 radical (unpaired) electrons. The molecule has 0 spiro atoms. The molecule has 0 saturated carbocycles. The Labute approximate surface area is 109 Å². The number of hydrogen-bond donors (Lipinski definition) is 1. The number of anilines is 1. The van der Waals surface area contributed by atoms with Gasteiger partial charge in [0, 0.05) is 20.0 Å². The number of aliphatic carboxylic acids is 1. The largest absolute Gasteiger partial charge is 0.481 e. The fourth-order valence-electron chi connectivity index (χ4n) is 1.70. The van der Waals surface area contributed by atoms with Crippen molar-refractivity contribution in [1.29, 1.82) is 0 Å². The molecule has 2 aromatic rings. The Morgan fingerprint density at radius 3 is 2.94 bits per heavy atom. The van der Waals surface area contributed by atoms with Crippen LogP contribution in [0.3, 0.4) is 0 Å². The maximum absolute atomic E-state index is 10.6. The van der Waals surface area contributed by atoms with Crippen LogP contribution >= 0.6 is 11.3 Å². The quantitative estimate of drug-likeness (QED) is 0.897. The molecule has 2 rings (SSSR count). The fourth-order valence-corrected chi connectivity index (χ4v) is 2.48. The highest BCUT2D eigenvalue weighted by atomic mass is 32.1. The molecule has 2 heterocycles. The SMILES string of the molecule is CCc1nc(N(C)CCC(=O)O)c2ccsc2n1. The van der Waals surface area contributed by atoms with Gasteiger partial charge >= 0.3 is 5.97 Å². The van der Waals surface area contributed by atoms with Crippen LogP contribution in [0.5, 0.6) is 0 Å². The number of aryl methyl sites for hydroxylation is 1. The maximum Gasteiger partial charge on any atom is 0.305 e. The van der Waals surface area contributed by atoms with Crippen molar-refractivity contribution in [3.63, 3.8) is 0 Å². The number of aromatic nitrogens is 2. The van der Waals surface area contributed by atoms with Gasteiger partial charge in [-0.2, -0.15) is 0 Å². The van der Waals surface area contributed by atoms with Gasteiger partial charge in [0.05, 0.1) is 11.8 Å². The molecule has 0 aliphatic carbocycles. The Hall–Kier alpha value is -1.69. The maximum atomic E-state index is 10.6. The molecular weight excluding hydrogens is 250 g/mol. The zero-order valence-corrected chi connectivity index (χ0v) is 11.2. The molecule has 0 aliphatic heterocycles. The van der Waals surface area contributed by atoms with Gasteiger partial charge in [-0.25, -0.2) is 9.97 Å². The summed E-state index contributed by atoms with van der Waals surface area (Å²) in [7, 11) is 1.86. The number of hydrogen-bond acceptors (Lipinski definition) is 5. The number of carboxylic acids is 1. The van der Waals surface area contributed by atoms with Crippen LogP contribution in [-0.2, 0) is 11.2 Å². The van der Waals surface area contributed by atoms with Gasteiger partial charge < -0.3 is 10.0 Å². The predicted molar refractivity (Wildman–Crippen MR) is 72.3 cm³/mol. The Morgan fingerprint density at radius 1 is 1.50 bits per heavy atom. The lowest BCUT2D eigenvalue weighted by Gasteiger charge is -2.18. The first-order valence-electron chi connectivity index (χ1n) is 5.79. The molecule has 2 aromatic heterocycles. The molecule has 0 fully saturated rings. The topological polar surface area (TPSA) is 66.3 Å². The van der Waals surface area contributed by atoms with Crippen LogP contribution in [0, 0.1) is 0 Å². The van der Waals surface area contributed by atoms with Gasteiger partial charge in [-0.05, 0) is 11.4 Å². The number of nitrogens with zero attached hydrogens (tertiary/aromatic N) is 3. The summed E-state index contributed by atoms with van der Waals surface area (Å²) in [5.41, 5.74) is 0. The van der Waals surface area contributed by atoms with Crippen molar-refractivity contribution in [2.24, 2.45) is 0 Å². The molecule has 0 saturated heterocycles. The third-order valence-corrected chi connectivity index (χ3v) is 3.50. The second kappa shape index (κ2) is 5.30. The summed E-state index contributed by atoms with van der Waals surface area (Å²) in [6.45, 7) is 2.45. The zero-order valence-electron chi connectivity index (χ0n) is 10.4. The van der Waals surface area contributed by atoms with Crippen molar-refractivity contribution in [3.05, 3.63) is 17.3 Å². The second-order valence-corrected chi connectivity index (χ2v) is 4.92. The van der Waals surface area contributed by atoms with E-state index in [0.29, 0.717) is 6.54 Å². The van der Waals surface area contributed by atoms with Crippen molar-refractivity contribution >= 4 is 33.3 Å². The molecule has 0 aromatic carbocycles. The minimum absolute atomic E-state index is 0.105. The molecule has 0 aliphatic rings. The molecule has 0 amide bonds. The summed E-state index contributed by atoms with van der Waals surface area (Å²) in [5, 5.41) is 11.7. The normalized spacial score (nSPS) is 10.8. The van der Waals surface area contributed by atoms with E-state index in [0.717, 1.165) is 28.3 Å². The lowest BCUT2D eigenvalue weighted by Crippen LogP contribution is -2.22. The Morgan fingerprint density at radius 2 is 2.28 bits per heavy atom. The van der Waals surface area contributed by atoms with Crippen LogP contribution in [0.25, 0.3) is 10.2 Å². The minimum atomic E-state index is -0.798. The van der Waals surface area contributed by atoms with Crippen LogP contribution in [-0.4, -0.2) is 34.6 Å². The van der Waals surface area contributed by atoms with Crippen molar-refractivity contribution in [2.45, 2.75) is 19.8 Å². The van der Waals surface area contributed by atoms with Crippen molar-refractivity contribution in [1.82, 2.24) is 9.97 Å². The summed E-state index contributed by atoms with van der Waals surface area (Å²) in [6, 6.07) is 1.98. The van der Waals surface area contributed by atoms with Gasteiger partial charge in [-0.15, -0.1) is 11.3 Å². The van der Waals surface area contributed by atoms with Gasteiger partial charge in [-0.1, -0.05) is 6.92 Å². The van der Waals surface area contributed by atoms with Crippen molar-refractivity contribution in [2.75, 3.05) is 18.5 Å². The third kappa shape index (κ3) is 2.59. The summed E-state index contributed by atoms with van der Waals surface area (Å²) < 4.78 is 0. The first-order valence-corrected chi connectivity index (χ1v) is 6.66. The average Bonchev–Trinajstić information content (AvgIpc) is 2.82. The van der Waals surface area contributed by atoms with Gasteiger partial charge in [0.15, 0.2) is 0 Å². The molecule has 0 atom stereocenters. The van der Waals surface area contributed by atoms with E-state index < -0.39 is 5.97 Å². The number of carboxylic acid groups (broad SMARTS) is 1. The van der Waals surface area contributed by atoms with E-state index in [1.165, 1.54) is 0 Å². The highest BCUT2D eigenvalue weighted by molar-refractivity contribution is 7.16. The van der Waals surface area contributed by atoms with Gasteiger partial charge in [0.1, 0.15) is 16.5 Å². The lowest BCUT2D eigenvalue weighted by atomic mass is 10.3. The first-order chi connectivity index (χ1) is 8.61. The smallest absolute Gasteiger partial charge is 0.305 e. The average molecular weight is 265 g/mol. The molecule has 5 nitrogen and oxygen atoms in total. The highest BCUT2D eigenvalue weighted by Gasteiger charge is 2.12. The number of rotatable bonds is 5. The van der Waals surface area contributed by atoms with E-state index in [-0.39, 0.29) is 6.42 Å². The number of carbonyl (C=O) groups is 1. The molecular formula is C12H15N3O2S. The molecule has 18 heavy (non-hydrogen) atoms. The van der Waals surface area contributed by atoms with E-state index in [2.05, 4.69) is 9.97 Å². The van der Waals surface area contributed by atoms with Crippen molar-refractivity contribution in [3.8, 4) is 0 Å². The lowest BCUT2D eigenvalue weighted by molar-refractivity contribution is -0.136. The van der Waals surface area contributed by atoms with Crippen LogP contribution in [0.2, 0.25) is 0 Å². The van der Waals surface area contributed by atoms with Gasteiger partial charge in [-0.3, -0.25) is 4.79 Å². The van der Waals surface area contributed by atoms with Crippen LogP contribution < -0.4 is 4.90 Å². The summed E-state index contributed by atoms with van der Waals surface area (Å²) in [4.78, 5) is 22.4. The molecule has 96 valence electrons. The predicted octanol–water partition coefficient (Wildman–Crippen LogP) is 2.16. The molecule has 0 bridgehead atoms. The van der Waals surface area contributed by atoms with Gasteiger partial charge in [0.25, 0.3) is 0 Å². The van der Waals surface area contributed by atoms with Crippen LogP contribution in [0.4, 0.5) is 5.82 Å². The second-order valence-electron chi connectivity index (χ2n) is 4.02. The van der Waals surface area contributed by atoms with E-state index >= 15 is 0 Å². The van der Waals surface area contributed by atoms with Crippen LogP contribution in [0.15, 0.2) is 11.4 Å². The summed E-state index contributed by atoms with van der Waals surface area (Å²) in [5.74, 6) is 0.814. The van der Waals surface area contributed by atoms with E-state index in [9.17, 15) is 4.79 Å². The Bertz CT molecular complexity index is 567. The standard InChI is InChI=1S/C12H15N3O2S/c1-3-9-13-11(15(2)6-4-10(16)17)8-5-7-18-12(8)14-9/h5,7H,3-4,6H2,1-2H3,(H,16,17). The highest BCUT2D eigenvalue weighted by Crippen LogP contribution is 2.27. The Balaban J connectivity index is 2.35. The van der Waals surface area contributed by atoms with Crippen molar-refractivity contribution < 1.29 is 9.90 Å². The zero-order chi connectivity index (χ0) is 13.1. The minimum Gasteiger partial charge on any atom is -0.481 e. The summed E-state index contributed by atoms with van der Waals surface area (Å²) in [6.07, 6.45) is 0.876. The summed E-state index contributed by atoms with van der Waals surface area (Å²) >= 11 is 1.58. The molecule has 0 unspecified atom stereocenters. The Kier molecular flexibility index (Phi) is 3.76. The van der Waals surface area contributed by atoms with E-state index in [1.54, 1.807) is 11.3 Å². The van der Waals surface area contributed by atoms with Crippen LogP contribution in [0.1, 0.15) is 19.2 Å². The molecule has 6 heteroatoms. The number of fused-ring (bicyclic) bond motifs is 1. The van der Waals surface area contributed by atoms with E-state index in [1.807, 2.05) is 30.3 Å². The first kappa shape index (κ1) is 12.8. The third-order valence-electron chi connectivity index (χ3n) is 2.69.